The van der Waals surface area contributed by atoms with E-state index < -0.39 is 0 Å². The van der Waals surface area contributed by atoms with E-state index in [-0.39, 0.29) is 0 Å². The van der Waals surface area contributed by atoms with Gasteiger partial charge in [-0.05, 0) is 31.0 Å². The van der Waals surface area contributed by atoms with Crippen LogP contribution in [0.5, 0.6) is 0 Å². The minimum absolute atomic E-state index is 0.437. The fourth-order valence-electron chi connectivity index (χ4n) is 2.22. The van der Waals surface area contributed by atoms with Crippen LogP contribution in [0, 0.1) is 6.92 Å². The Labute approximate surface area is 97.0 Å². The monoisotopic (exact) mass is 217 g/mol. The first-order chi connectivity index (χ1) is 7.72. The van der Waals surface area contributed by atoms with Gasteiger partial charge in [0.05, 0.1) is 12.6 Å². The lowest BCUT2D eigenvalue weighted by Gasteiger charge is -2.26. The predicted octanol–water partition coefficient (Wildman–Crippen LogP) is 2.30. The molecule has 16 heavy (non-hydrogen) atoms. The van der Waals surface area contributed by atoms with Gasteiger partial charge in [-0.2, -0.15) is 0 Å². The molecule has 3 nitrogen and oxygen atoms in total. The third kappa shape index (κ3) is 2.03. The van der Waals surface area contributed by atoms with E-state index in [0.29, 0.717) is 12.0 Å². The van der Waals surface area contributed by atoms with Gasteiger partial charge in [0.25, 0.3) is 0 Å². The minimum Gasteiger partial charge on any atom is -0.370 e. The van der Waals surface area contributed by atoms with E-state index in [0.717, 1.165) is 25.1 Å². The number of aliphatic imine (C=N–C) groups is 1. The lowest BCUT2D eigenvalue weighted by molar-refractivity contribution is 0.632. The van der Waals surface area contributed by atoms with Crippen LogP contribution >= 0.6 is 0 Å². The molecule has 0 saturated carbocycles. The van der Waals surface area contributed by atoms with Crippen molar-refractivity contribution in [1.29, 1.82) is 0 Å². The van der Waals surface area contributed by atoms with Crippen molar-refractivity contribution in [2.45, 2.75) is 32.7 Å². The summed E-state index contributed by atoms with van der Waals surface area (Å²) >= 11 is 0. The van der Waals surface area contributed by atoms with E-state index in [9.17, 15) is 0 Å². The highest BCUT2D eigenvalue weighted by molar-refractivity contribution is 5.97. The first-order valence-corrected chi connectivity index (χ1v) is 5.88. The van der Waals surface area contributed by atoms with Gasteiger partial charge in [0.1, 0.15) is 0 Å². The molecule has 0 spiro atoms. The summed E-state index contributed by atoms with van der Waals surface area (Å²) in [4.78, 5) is 6.51. The van der Waals surface area contributed by atoms with Crippen molar-refractivity contribution < 1.29 is 0 Å². The molecule has 0 radical (unpaired) electrons. The van der Waals surface area contributed by atoms with Crippen LogP contribution < -0.4 is 10.6 Å². The van der Waals surface area contributed by atoms with Gasteiger partial charge < -0.3 is 10.6 Å². The highest BCUT2D eigenvalue weighted by Crippen LogP contribution is 2.23. The molecule has 86 valence electrons. The van der Waals surface area contributed by atoms with Crippen molar-refractivity contribution in [3.63, 3.8) is 0 Å². The van der Waals surface area contributed by atoms with Gasteiger partial charge >= 0.3 is 0 Å². The van der Waals surface area contributed by atoms with Crippen molar-refractivity contribution in [2.75, 3.05) is 11.4 Å². The largest absolute Gasteiger partial charge is 0.370 e. The second-order valence-corrected chi connectivity index (χ2v) is 4.35. The van der Waals surface area contributed by atoms with E-state index in [1.54, 1.807) is 0 Å². The zero-order valence-corrected chi connectivity index (χ0v) is 9.98. The number of hydrogen-bond acceptors (Lipinski definition) is 3. The number of anilines is 1. The van der Waals surface area contributed by atoms with Gasteiger partial charge in [0, 0.05) is 5.69 Å². The highest BCUT2D eigenvalue weighted by Gasteiger charge is 2.26. The number of nitrogens with zero attached hydrogens (tertiary/aromatic N) is 2. The Bertz CT molecular complexity index is 398. The molecule has 1 atom stereocenters. The molecule has 1 unspecified atom stereocenters. The van der Waals surface area contributed by atoms with E-state index >= 15 is 0 Å². The van der Waals surface area contributed by atoms with E-state index in [1.807, 2.05) is 0 Å². The second-order valence-electron chi connectivity index (χ2n) is 4.35. The molecule has 0 aromatic heterocycles. The van der Waals surface area contributed by atoms with Gasteiger partial charge in [0.15, 0.2) is 5.96 Å². The smallest absolute Gasteiger partial charge is 0.196 e. The lowest BCUT2D eigenvalue weighted by Crippen LogP contribution is -2.40. The molecule has 1 aromatic carbocycles. The van der Waals surface area contributed by atoms with Crippen molar-refractivity contribution in [1.82, 2.24) is 0 Å². The van der Waals surface area contributed by atoms with Crippen LogP contribution in [0.4, 0.5) is 5.69 Å². The standard InChI is InChI=1S/C13H19N3/c1-3-5-12-9-15-13(14)16(12)11-7-4-6-10(2)8-11/h4,6-8,12H,3,5,9H2,1-2H3,(H2,14,15). The number of aryl methyl sites for hydroxylation is 1. The number of nitrogens with two attached hydrogens (primary N) is 1. The Morgan fingerprint density at radius 1 is 1.50 bits per heavy atom. The maximum absolute atomic E-state index is 5.96. The Kier molecular flexibility index (Phi) is 3.13. The van der Waals surface area contributed by atoms with Crippen molar-refractivity contribution in [3.8, 4) is 0 Å². The lowest BCUT2D eigenvalue weighted by atomic mass is 10.1. The van der Waals surface area contributed by atoms with Crippen LogP contribution in [0.15, 0.2) is 29.3 Å². The molecule has 1 aliphatic rings. The first-order valence-electron chi connectivity index (χ1n) is 5.88. The fraction of sp³-hybridized carbons (Fsp3) is 0.462. The Morgan fingerprint density at radius 2 is 2.31 bits per heavy atom. The number of benzene rings is 1. The average molecular weight is 217 g/mol. The number of hydrogen-bond donors (Lipinski definition) is 1. The maximum Gasteiger partial charge on any atom is 0.196 e. The Morgan fingerprint density at radius 3 is 3.00 bits per heavy atom. The number of rotatable bonds is 3. The zero-order valence-electron chi connectivity index (χ0n) is 9.98. The molecular weight excluding hydrogens is 198 g/mol. The SMILES string of the molecule is CCCC1CN=C(N)N1c1cccc(C)c1. The summed E-state index contributed by atoms with van der Waals surface area (Å²) in [6, 6.07) is 8.87. The van der Waals surface area contributed by atoms with Gasteiger partial charge in [-0.3, -0.25) is 4.99 Å². The molecule has 2 N–H and O–H groups in total. The topological polar surface area (TPSA) is 41.6 Å². The fourth-order valence-corrected chi connectivity index (χ4v) is 2.22. The minimum atomic E-state index is 0.437. The predicted molar refractivity (Wildman–Crippen MR) is 68.8 cm³/mol. The normalized spacial score (nSPS) is 20.0. The Balaban J connectivity index is 2.26. The molecule has 1 aliphatic heterocycles. The van der Waals surface area contributed by atoms with Crippen LogP contribution in [0.25, 0.3) is 0 Å². The van der Waals surface area contributed by atoms with Crippen LogP contribution in [0.2, 0.25) is 0 Å². The van der Waals surface area contributed by atoms with Crippen LogP contribution in [-0.2, 0) is 0 Å². The zero-order chi connectivity index (χ0) is 11.5. The van der Waals surface area contributed by atoms with E-state index in [2.05, 4.69) is 48.0 Å². The molecule has 2 rings (SSSR count). The summed E-state index contributed by atoms with van der Waals surface area (Å²) in [5.41, 5.74) is 8.38. The van der Waals surface area contributed by atoms with Crippen LogP contribution in [-0.4, -0.2) is 18.5 Å². The third-order valence-electron chi connectivity index (χ3n) is 2.98. The van der Waals surface area contributed by atoms with Crippen LogP contribution in [0.1, 0.15) is 25.3 Å². The summed E-state index contributed by atoms with van der Waals surface area (Å²) in [5, 5.41) is 0. The van der Waals surface area contributed by atoms with E-state index in [1.165, 1.54) is 5.56 Å². The molecular formula is C13H19N3. The third-order valence-corrected chi connectivity index (χ3v) is 2.98. The average Bonchev–Trinajstić information content (AvgIpc) is 2.60. The second kappa shape index (κ2) is 4.56. The molecule has 0 aliphatic carbocycles. The Hall–Kier alpha value is -1.51. The molecule has 1 heterocycles. The summed E-state index contributed by atoms with van der Waals surface area (Å²) in [5.74, 6) is 0.657. The van der Waals surface area contributed by atoms with Gasteiger partial charge in [0.2, 0.25) is 0 Å². The van der Waals surface area contributed by atoms with Gasteiger partial charge in [-0.15, -0.1) is 0 Å². The number of guanidine groups is 1. The molecule has 1 aromatic rings. The molecule has 0 amide bonds. The van der Waals surface area contributed by atoms with E-state index in [4.69, 9.17) is 5.73 Å². The summed E-state index contributed by atoms with van der Waals surface area (Å²) in [7, 11) is 0. The molecule has 0 bridgehead atoms. The van der Waals surface area contributed by atoms with Crippen molar-refractivity contribution >= 4 is 11.6 Å². The summed E-state index contributed by atoms with van der Waals surface area (Å²) in [6.45, 7) is 5.12. The summed E-state index contributed by atoms with van der Waals surface area (Å²) < 4.78 is 0. The maximum atomic E-state index is 5.96. The van der Waals surface area contributed by atoms with Crippen molar-refractivity contribution in [2.24, 2.45) is 10.7 Å². The molecule has 3 heteroatoms. The van der Waals surface area contributed by atoms with Gasteiger partial charge in [-0.25, -0.2) is 0 Å². The molecule has 0 saturated heterocycles. The van der Waals surface area contributed by atoms with Crippen molar-refractivity contribution in [3.05, 3.63) is 29.8 Å². The molecule has 0 fully saturated rings. The summed E-state index contributed by atoms with van der Waals surface area (Å²) in [6.07, 6.45) is 2.30. The quantitative estimate of drug-likeness (QED) is 0.844. The first kappa shape index (κ1) is 11.0. The van der Waals surface area contributed by atoms with Gasteiger partial charge in [-0.1, -0.05) is 25.5 Å². The van der Waals surface area contributed by atoms with Crippen LogP contribution in [0.3, 0.4) is 0 Å². The highest BCUT2D eigenvalue weighted by atomic mass is 15.3.